The van der Waals surface area contributed by atoms with Gasteiger partial charge >= 0.3 is 6.18 Å². The van der Waals surface area contributed by atoms with E-state index in [9.17, 15) is 18.0 Å². The van der Waals surface area contributed by atoms with E-state index < -0.39 is 28.9 Å². The van der Waals surface area contributed by atoms with Gasteiger partial charge in [0.1, 0.15) is 17.4 Å². The number of pyridine rings is 1. The number of hydrogen-bond donors (Lipinski definition) is 1. The molecule has 2 aliphatic rings. The van der Waals surface area contributed by atoms with E-state index in [-0.39, 0.29) is 16.7 Å². The Bertz CT molecular complexity index is 1300. The zero-order valence-corrected chi connectivity index (χ0v) is 23.2. The van der Waals surface area contributed by atoms with E-state index in [0.29, 0.717) is 18.2 Å². The molecule has 1 amide bonds. The molecule has 2 aliphatic heterocycles. The number of aromatic nitrogens is 1. The fourth-order valence-corrected chi connectivity index (χ4v) is 5.62. The molecule has 208 valence electrons. The van der Waals surface area contributed by atoms with Crippen LogP contribution in [0.4, 0.5) is 24.5 Å². The summed E-state index contributed by atoms with van der Waals surface area (Å²) in [5, 5.41) is 12.5. The standard InChI is InChI=1S/C28H32F3N5O2S/c1-17(2)21-13-19(5-6-24(21)38-12-9-18-7-10-33-11-8-18)36-26(39)35(25(37)27(36,3)4)20-14-22(28(29,30)31)23(15-32)34-16-20/h5-6,13-14,16-18,33H,7-12H2,1-4H3. The Labute approximate surface area is 231 Å². The van der Waals surface area contributed by atoms with Gasteiger partial charge in [-0.1, -0.05) is 13.8 Å². The van der Waals surface area contributed by atoms with Gasteiger partial charge < -0.3 is 15.0 Å². The Hall–Kier alpha value is -3.23. The van der Waals surface area contributed by atoms with Gasteiger partial charge in [-0.15, -0.1) is 0 Å². The molecule has 1 aromatic heterocycles. The lowest BCUT2D eigenvalue weighted by Gasteiger charge is -2.30. The van der Waals surface area contributed by atoms with Crippen molar-refractivity contribution >= 4 is 34.6 Å². The molecule has 0 unspecified atom stereocenters. The van der Waals surface area contributed by atoms with Crippen LogP contribution >= 0.6 is 12.2 Å². The predicted octanol–water partition coefficient (Wildman–Crippen LogP) is 5.78. The molecule has 0 aliphatic carbocycles. The van der Waals surface area contributed by atoms with Crippen molar-refractivity contribution in [1.82, 2.24) is 10.3 Å². The summed E-state index contributed by atoms with van der Waals surface area (Å²) in [6.45, 7) is 10.1. The maximum atomic E-state index is 13.6. The van der Waals surface area contributed by atoms with Gasteiger partial charge in [-0.25, -0.2) is 4.98 Å². The van der Waals surface area contributed by atoms with Crippen LogP contribution in [-0.2, 0) is 11.0 Å². The molecule has 39 heavy (non-hydrogen) atoms. The highest BCUT2D eigenvalue weighted by molar-refractivity contribution is 7.81. The molecule has 7 nitrogen and oxygen atoms in total. The molecule has 3 heterocycles. The van der Waals surface area contributed by atoms with Crippen LogP contribution in [0, 0.1) is 17.2 Å². The zero-order valence-electron chi connectivity index (χ0n) is 22.4. The molecule has 0 atom stereocenters. The van der Waals surface area contributed by atoms with Crippen molar-refractivity contribution in [1.29, 1.82) is 5.26 Å². The van der Waals surface area contributed by atoms with Crippen LogP contribution in [0.25, 0.3) is 0 Å². The molecule has 0 spiro atoms. The maximum Gasteiger partial charge on any atom is 0.419 e. The number of nitriles is 1. The lowest BCUT2D eigenvalue weighted by atomic mass is 9.95. The number of carbonyl (C=O) groups is 1. The molecular weight excluding hydrogens is 527 g/mol. The van der Waals surface area contributed by atoms with Gasteiger partial charge in [0, 0.05) is 5.69 Å². The molecule has 4 rings (SSSR count). The molecule has 2 fully saturated rings. The van der Waals surface area contributed by atoms with Gasteiger partial charge in [0.15, 0.2) is 10.8 Å². The molecule has 2 aromatic rings. The van der Waals surface area contributed by atoms with Crippen molar-refractivity contribution in [3.05, 3.63) is 47.3 Å². The summed E-state index contributed by atoms with van der Waals surface area (Å²) in [6, 6.07) is 7.80. The molecule has 0 saturated carbocycles. The normalized spacial score (nSPS) is 18.1. The van der Waals surface area contributed by atoms with Crippen LogP contribution in [0.3, 0.4) is 0 Å². The third kappa shape index (κ3) is 5.72. The average Bonchev–Trinajstić information content (AvgIpc) is 3.07. The largest absolute Gasteiger partial charge is 0.493 e. The highest BCUT2D eigenvalue weighted by Gasteiger charge is 2.51. The highest BCUT2D eigenvalue weighted by Crippen LogP contribution is 2.41. The fourth-order valence-electron chi connectivity index (χ4n) is 5.10. The van der Waals surface area contributed by atoms with Crippen LogP contribution in [0.15, 0.2) is 30.5 Å². The van der Waals surface area contributed by atoms with E-state index in [0.717, 1.165) is 60.8 Å². The molecule has 1 aromatic carbocycles. The molecule has 0 bridgehead atoms. The van der Waals surface area contributed by atoms with E-state index in [1.54, 1.807) is 18.7 Å². The number of thiocarbonyl (C=S) groups is 1. The number of halogens is 3. The first-order valence-electron chi connectivity index (χ1n) is 13.0. The summed E-state index contributed by atoms with van der Waals surface area (Å²) in [6.07, 6.45) is -0.485. The van der Waals surface area contributed by atoms with Gasteiger partial charge in [0.05, 0.1) is 24.1 Å². The van der Waals surface area contributed by atoms with Crippen LogP contribution in [0.2, 0.25) is 0 Å². The number of benzene rings is 1. The molecule has 11 heteroatoms. The lowest BCUT2D eigenvalue weighted by Crippen LogP contribution is -2.44. The smallest absolute Gasteiger partial charge is 0.419 e. The average molecular weight is 560 g/mol. The second-order valence-corrected chi connectivity index (χ2v) is 11.1. The Morgan fingerprint density at radius 3 is 2.54 bits per heavy atom. The number of nitrogens with zero attached hydrogens (tertiary/aromatic N) is 4. The number of anilines is 2. The third-order valence-corrected chi connectivity index (χ3v) is 7.69. The minimum Gasteiger partial charge on any atom is -0.493 e. The second kappa shape index (κ2) is 11.1. The van der Waals surface area contributed by atoms with Crippen LogP contribution in [-0.4, -0.2) is 41.2 Å². The summed E-state index contributed by atoms with van der Waals surface area (Å²) in [7, 11) is 0. The van der Waals surface area contributed by atoms with Crippen molar-refractivity contribution in [3.8, 4) is 11.8 Å². The summed E-state index contributed by atoms with van der Waals surface area (Å²) < 4.78 is 47.0. The summed E-state index contributed by atoms with van der Waals surface area (Å²) in [5.74, 6) is 1.02. The minimum atomic E-state index is -4.82. The van der Waals surface area contributed by atoms with Crippen molar-refractivity contribution < 1.29 is 22.7 Å². The first-order valence-corrected chi connectivity index (χ1v) is 13.4. The second-order valence-electron chi connectivity index (χ2n) is 10.7. The number of hydrogen-bond acceptors (Lipinski definition) is 6. The highest BCUT2D eigenvalue weighted by atomic mass is 32.1. The molecule has 1 N–H and O–H groups in total. The van der Waals surface area contributed by atoms with E-state index in [2.05, 4.69) is 10.3 Å². The van der Waals surface area contributed by atoms with Crippen molar-refractivity contribution in [3.63, 3.8) is 0 Å². The van der Waals surface area contributed by atoms with Gasteiger partial charge in [-0.05, 0) is 100 Å². The summed E-state index contributed by atoms with van der Waals surface area (Å²) in [5.41, 5.74) is -1.74. The van der Waals surface area contributed by atoms with Crippen LogP contribution in [0.5, 0.6) is 5.75 Å². The Morgan fingerprint density at radius 2 is 1.92 bits per heavy atom. The SMILES string of the molecule is CC(C)c1cc(N2C(=S)N(c3cnc(C#N)c(C(F)(F)F)c3)C(=O)C2(C)C)ccc1OCCC1CCNCC1. The van der Waals surface area contributed by atoms with Crippen LogP contribution < -0.4 is 19.9 Å². The number of nitrogens with one attached hydrogen (secondary N) is 1. The maximum absolute atomic E-state index is 13.6. The topological polar surface area (TPSA) is 81.5 Å². The third-order valence-electron chi connectivity index (χ3n) is 7.33. The Balaban J connectivity index is 1.63. The van der Waals surface area contributed by atoms with E-state index in [4.69, 9.17) is 22.2 Å². The van der Waals surface area contributed by atoms with Gasteiger partial charge in [-0.3, -0.25) is 9.69 Å². The van der Waals surface area contributed by atoms with Crippen molar-refractivity contribution in [2.45, 2.75) is 64.6 Å². The van der Waals surface area contributed by atoms with E-state index in [1.807, 2.05) is 32.0 Å². The summed E-state index contributed by atoms with van der Waals surface area (Å²) in [4.78, 5) is 19.9. The number of alkyl halides is 3. The molecular formula is C28H32F3N5O2S. The lowest BCUT2D eigenvalue weighted by molar-refractivity contribution is -0.138. The number of rotatable bonds is 7. The van der Waals surface area contributed by atoms with Crippen molar-refractivity contribution in [2.75, 3.05) is 29.5 Å². The van der Waals surface area contributed by atoms with Gasteiger partial charge in [0.25, 0.3) is 5.91 Å². The summed E-state index contributed by atoms with van der Waals surface area (Å²) >= 11 is 5.65. The van der Waals surface area contributed by atoms with E-state index in [1.165, 1.54) is 6.07 Å². The first kappa shape index (κ1) is 28.8. The van der Waals surface area contributed by atoms with Gasteiger partial charge in [-0.2, -0.15) is 18.4 Å². The predicted molar refractivity (Wildman–Crippen MR) is 147 cm³/mol. The first-order chi connectivity index (χ1) is 18.4. The van der Waals surface area contributed by atoms with Crippen molar-refractivity contribution in [2.24, 2.45) is 5.92 Å². The van der Waals surface area contributed by atoms with Crippen LogP contribution in [0.1, 0.15) is 69.7 Å². The zero-order chi connectivity index (χ0) is 28.5. The molecule has 2 saturated heterocycles. The van der Waals surface area contributed by atoms with Gasteiger partial charge in [0.2, 0.25) is 0 Å². The fraction of sp³-hybridized carbons (Fsp3) is 0.500. The minimum absolute atomic E-state index is 0.0268. The number of piperidine rings is 1. The molecule has 0 radical (unpaired) electrons. The quantitative estimate of drug-likeness (QED) is 0.431. The number of ether oxygens (including phenoxy) is 1. The Kier molecular flexibility index (Phi) is 8.19. The number of amides is 1. The monoisotopic (exact) mass is 559 g/mol. The number of carbonyl (C=O) groups excluding carboxylic acids is 1. The van der Waals surface area contributed by atoms with E-state index >= 15 is 0 Å². The Morgan fingerprint density at radius 1 is 1.23 bits per heavy atom.